The molecule has 2 nitrogen and oxygen atoms in total. The van der Waals surface area contributed by atoms with Gasteiger partial charge in [-0.2, -0.15) is 0 Å². The summed E-state index contributed by atoms with van der Waals surface area (Å²) in [7, 11) is 4.25. The van der Waals surface area contributed by atoms with Gasteiger partial charge in [0.2, 0.25) is 0 Å². The third kappa shape index (κ3) is 6.56. The molecule has 0 saturated carbocycles. The van der Waals surface area contributed by atoms with Crippen molar-refractivity contribution in [1.29, 1.82) is 0 Å². The van der Waals surface area contributed by atoms with E-state index in [0.717, 1.165) is 5.75 Å². The second kappa shape index (κ2) is 10.1. The average Bonchev–Trinajstić information content (AvgIpc) is 2.79. The predicted octanol–water partition coefficient (Wildman–Crippen LogP) is 6.87. The fraction of sp³-hybridized carbons (Fsp3) is 0.565. The zero-order valence-electron chi connectivity index (χ0n) is 19.1. The first-order valence-electron chi connectivity index (χ1n) is 9.49. The van der Waals surface area contributed by atoms with Crippen molar-refractivity contribution >= 4 is 24.8 Å². The van der Waals surface area contributed by atoms with Crippen molar-refractivity contribution in [1.82, 2.24) is 4.90 Å². The number of hydrogen-bond donors (Lipinski definition) is 0. The molecular weight excluding hydrogens is 425 g/mol. The summed E-state index contributed by atoms with van der Waals surface area (Å²) in [6.07, 6.45) is 2.32. The van der Waals surface area contributed by atoms with E-state index in [4.69, 9.17) is 3.32 Å². The van der Waals surface area contributed by atoms with E-state index in [1.165, 1.54) is 26.3 Å². The quantitative estimate of drug-likeness (QED) is 0.453. The molecule has 0 radical (unpaired) electrons. The van der Waals surface area contributed by atoms with Crippen LogP contribution >= 0.6 is 24.8 Å². The van der Waals surface area contributed by atoms with E-state index in [-0.39, 0.29) is 35.6 Å². The molecule has 0 spiro atoms. The number of benzene rings is 1. The number of nitrogens with zero attached hydrogens (tertiary/aromatic N) is 1. The van der Waals surface area contributed by atoms with Crippen molar-refractivity contribution < 1.29 is 22.9 Å². The summed E-state index contributed by atoms with van der Waals surface area (Å²) < 4.78 is 7.96. The van der Waals surface area contributed by atoms with Gasteiger partial charge in [-0.05, 0) is 0 Å². The largest absolute Gasteiger partial charge is 0.147 e. The van der Waals surface area contributed by atoms with Crippen molar-refractivity contribution in [2.24, 2.45) is 5.92 Å². The maximum Gasteiger partial charge on any atom is -0.147 e. The first kappa shape index (κ1) is 27.6. The Balaban J connectivity index is 0.00000364. The van der Waals surface area contributed by atoms with Crippen LogP contribution in [0.2, 0.25) is 0 Å². The van der Waals surface area contributed by atoms with Gasteiger partial charge in [0.05, 0.1) is 0 Å². The Kier molecular flexibility index (Phi) is 9.92. The summed E-state index contributed by atoms with van der Waals surface area (Å²) in [5.41, 5.74) is 5.72. The maximum absolute atomic E-state index is 6.47. The van der Waals surface area contributed by atoms with Crippen LogP contribution in [0.5, 0.6) is 5.75 Å². The molecule has 1 aliphatic carbocycles. The van der Waals surface area contributed by atoms with Crippen LogP contribution in [0.3, 0.4) is 0 Å². The van der Waals surface area contributed by atoms with Crippen molar-refractivity contribution in [2.45, 2.75) is 66.2 Å². The maximum atomic E-state index is 6.47. The van der Waals surface area contributed by atoms with Crippen LogP contribution < -0.4 is 3.32 Å². The Bertz CT molecular complexity index is 708. The van der Waals surface area contributed by atoms with Gasteiger partial charge >= 0.3 is 170 Å². The van der Waals surface area contributed by atoms with Crippen molar-refractivity contribution in [2.75, 3.05) is 14.1 Å². The van der Waals surface area contributed by atoms with Crippen LogP contribution in [-0.2, 0) is 30.4 Å². The summed E-state index contributed by atoms with van der Waals surface area (Å²) in [4.78, 5) is 2.22. The summed E-state index contributed by atoms with van der Waals surface area (Å²) in [5.74, 6) is 1.53. The smallest absolute Gasteiger partial charge is 0.147 e. The van der Waals surface area contributed by atoms with Gasteiger partial charge in [0.1, 0.15) is 0 Å². The summed E-state index contributed by atoms with van der Waals surface area (Å²) >= 11 is -0.668. The molecule has 1 unspecified atom stereocenters. The molecule has 0 aromatic heterocycles. The molecule has 0 bridgehead atoms. The molecule has 158 valence electrons. The van der Waals surface area contributed by atoms with Gasteiger partial charge in [-0.25, -0.2) is 0 Å². The Hall–Kier alpha value is -0.406. The molecular formula is C23H37Cl2NOTi. The molecule has 1 aromatic rings. The van der Waals surface area contributed by atoms with Crippen LogP contribution in [-0.4, -0.2) is 19.0 Å². The van der Waals surface area contributed by atoms with E-state index in [2.05, 4.69) is 98.7 Å². The molecule has 1 atom stereocenters. The molecule has 0 fully saturated rings. The SMILES string of the molecule is CC1=CC(N(C)C)=[C]([Ti][O]c2cc(C(C)(C)C)cc(C(C)(C)C)c2)C1C.Cl.Cl. The fourth-order valence-electron chi connectivity index (χ4n) is 3.02. The molecule has 1 aromatic carbocycles. The molecule has 5 heteroatoms. The number of allylic oxidation sites excluding steroid dienone is 3. The standard InChI is InChI=1S/C14H22O.C9H14N.2ClH.Ti/c1-13(2,3)10-7-11(14(4,5)6)9-12(15)8-10;1-7-5-9(10(3)4)6-8(7)2;;;/h7-9,15H,1-6H3;5,8H,1-4H3;2*1H;/q;;;;+1/p-1. The molecule has 0 saturated heterocycles. The van der Waals surface area contributed by atoms with Crippen LogP contribution in [0.25, 0.3) is 0 Å². The zero-order valence-corrected chi connectivity index (χ0v) is 22.3. The van der Waals surface area contributed by atoms with Crippen LogP contribution in [0.15, 0.2) is 39.4 Å². The van der Waals surface area contributed by atoms with E-state index >= 15 is 0 Å². The number of likely N-dealkylation sites (N-methyl/N-ethyl adjacent to an activating group) is 1. The number of hydrogen-bond acceptors (Lipinski definition) is 2. The Labute approximate surface area is 194 Å². The average molecular weight is 462 g/mol. The van der Waals surface area contributed by atoms with Gasteiger partial charge in [-0.3, -0.25) is 0 Å². The van der Waals surface area contributed by atoms with Crippen molar-refractivity contribution in [3.05, 3.63) is 50.5 Å². The molecule has 0 aliphatic heterocycles. The number of halogens is 2. The molecule has 0 amide bonds. The molecule has 0 heterocycles. The first-order chi connectivity index (χ1) is 11.8. The van der Waals surface area contributed by atoms with Gasteiger partial charge in [0.15, 0.2) is 0 Å². The van der Waals surface area contributed by atoms with Crippen molar-refractivity contribution in [3.8, 4) is 5.75 Å². The third-order valence-electron chi connectivity index (χ3n) is 5.16. The van der Waals surface area contributed by atoms with E-state index in [1.807, 2.05) is 0 Å². The number of rotatable bonds is 4. The van der Waals surface area contributed by atoms with Crippen LogP contribution in [0.1, 0.15) is 66.5 Å². The second-order valence-corrected chi connectivity index (χ2v) is 11.2. The topological polar surface area (TPSA) is 12.5 Å². The Morgan fingerprint density at radius 2 is 1.36 bits per heavy atom. The third-order valence-corrected chi connectivity index (χ3v) is 7.10. The predicted molar refractivity (Wildman–Crippen MR) is 123 cm³/mol. The van der Waals surface area contributed by atoms with Crippen molar-refractivity contribution in [3.63, 3.8) is 0 Å². The van der Waals surface area contributed by atoms with E-state index < -0.39 is 19.5 Å². The van der Waals surface area contributed by atoms with E-state index in [0.29, 0.717) is 5.92 Å². The Morgan fingerprint density at radius 3 is 1.75 bits per heavy atom. The first-order valence-corrected chi connectivity index (χ1v) is 10.9. The molecule has 1 aliphatic rings. The minimum Gasteiger partial charge on any atom is -0.147 e. The summed E-state index contributed by atoms with van der Waals surface area (Å²) in [6, 6.07) is 6.84. The van der Waals surface area contributed by atoms with Gasteiger partial charge in [0, 0.05) is 0 Å². The Morgan fingerprint density at radius 1 is 0.893 bits per heavy atom. The van der Waals surface area contributed by atoms with Gasteiger partial charge in [0.25, 0.3) is 0 Å². The van der Waals surface area contributed by atoms with Crippen LogP contribution in [0, 0.1) is 5.92 Å². The monoisotopic (exact) mass is 461 g/mol. The van der Waals surface area contributed by atoms with E-state index in [9.17, 15) is 0 Å². The molecule has 2 rings (SSSR count). The zero-order chi connectivity index (χ0) is 19.9. The minimum absolute atomic E-state index is 0. The minimum atomic E-state index is -0.668. The van der Waals surface area contributed by atoms with Gasteiger partial charge in [-0.15, -0.1) is 24.8 Å². The fourth-order valence-corrected chi connectivity index (χ4v) is 4.81. The molecule has 0 N–H and O–H groups in total. The van der Waals surface area contributed by atoms with Gasteiger partial charge < -0.3 is 0 Å². The molecule has 28 heavy (non-hydrogen) atoms. The normalized spacial score (nSPS) is 16.8. The van der Waals surface area contributed by atoms with Gasteiger partial charge in [-0.1, -0.05) is 0 Å². The van der Waals surface area contributed by atoms with Crippen LogP contribution in [0.4, 0.5) is 0 Å². The van der Waals surface area contributed by atoms with E-state index in [1.54, 1.807) is 0 Å². The summed E-state index contributed by atoms with van der Waals surface area (Å²) in [5, 5.41) is 0. The second-order valence-electron chi connectivity index (χ2n) is 9.75. The summed E-state index contributed by atoms with van der Waals surface area (Å²) in [6.45, 7) is 18.2.